The van der Waals surface area contributed by atoms with Crippen LogP contribution in [0.15, 0.2) is 42.5 Å². The second kappa shape index (κ2) is 9.82. The molecule has 4 rings (SSSR count). The molecule has 11 heteroatoms. The number of aliphatic hydroxyl groups is 1. The first-order valence-corrected chi connectivity index (χ1v) is 12.2. The van der Waals surface area contributed by atoms with Gasteiger partial charge in [0.25, 0.3) is 0 Å². The molecule has 1 unspecified atom stereocenters. The van der Waals surface area contributed by atoms with Gasteiger partial charge < -0.3 is 14.7 Å². The maximum absolute atomic E-state index is 13.7. The third-order valence-electron chi connectivity index (χ3n) is 7.57. The molecule has 0 aromatic heterocycles. The van der Waals surface area contributed by atoms with Crippen molar-refractivity contribution in [2.45, 2.75) is 75.7 Å². The summed E-state index contributed by atoms with van der Waals surface area (Å²) in [6.07, 6.45) is -11.5. The number of hydrogen-bond donors (Lipinski definition) is 1. The van der Waals surface area contributed by atoms with E-state index in [1.165, 1.54) is 31.2 Å². The van der Waals surface area contributed by atoms with Crippen LogP contribution in [-0.2, 0) is 21.9 Å². The van der Waals surface area contributed by atoms with Gasteiger partial charge in [-0.2, -0.15) is 26.3 Å². The van der Waals surface area contributed by atoms with E-state index in [1.807, 2.05) is 0 Å². The molecule has 5 atom stereocenters. The van der Waals surface area contributed by atoms with Crippen molar-refractivity contribution in [2.75, 3.05) is 6.54 Å². The summed E-state index contributed by atoms with van der Waals surface area (Å²) in [6, 6.07) is 6.38. The fourth-order valence-corrected chi connectivity index (χ4v) is 5.49. The van der Waals surface area contributed by atoms with Gasteiger partial charge in [-0.15, -0.1) is 0 Å². The zero-order chi connectivity index (χ0) is 28.2. The van der Waals surface area contributed by atoms with E-state index >= 15 is 0 Å². The molecule has 1 amide bonds. The summed E-state index contributed by atoms with van der Waals surface area (Å²) in [6.45, 7) is 4.62. The molecule has 2 aliphatic rings. The van der Waals surface area contributed by atoms with Gasteiger partial charge in [0.05, 0.1) is 28.9 Å². The molecule has 2 heterocycles. The van der Waals surface area contributed by atoms with Crippen molar-refractivity contribution >= 4 is 5.91 Å². The average molecular weight is 548 g/mol. The van der Waals surface area contributed by atoms with Crippen LogP contribution in [0.4, 0.5) is 30.7 Å². The largest absolute Gasteiger partial charge is 0.416 e. The van der Waals surface area contributed by atoms with Crippen molar-refractivity contribution in [3.8, 4) is 0 Å². The first-order valence-electron chi connectivity index (χ1n) is 12.2. The van der Waals surface area contributed by atoms with Crippen LogP contribution in [0, 0.1) is 11.7 Å². The monoisotopic (exact) mass is 547 g/mol. The minimum atomic E-state index is -5.00. The highest BCUT2D eigenvalue weighted by molar-refractivity contribution is 5.78. The molecular formula is C27H28F7NO3. The fourth-order valence-electron chi connectivity index (χ4n) is 5.49. The summed E-state index contributed by atoms with van der Waals surface area (Å²) < 4.78 is 100. The van der Waals surface area contributed by atoms with Crippen molar-refractivity contribution in [1.29, 1.82) is 0 Å². The third-order valence-corrected chi connectivity index (χ3v) is 7.57. The summed E-state index contributed by atoms with van der Waals surface area (Å²) >= 11 is 0. The minimum Gasteiger partial charge on any atom is -0.390 e. The van der Waals surface area contributed by atoms with E-state index in [9.17, 15) is 40.6 Å². The Labute approximate surface area is 215 Å². The van der Waals surface area contributed by atoms with E-state index in [2.05, 4.69) is 0 Å². The molecule has 0 radical (unpaired) electrons. The topological polar surface area (TPSA) is 49.8 Å². The molecule has 2 aromatic carbocycles. The van der Waals surface area contributed by atoms with Crippen molar-refractivity contribution in [1.82, 2.24) is 4.90 Å². The van der Waals surface area contributed by atoms with Crippen LogP contribution in [0.5, 0.6) is 0 Å². The maximum atomic E-state index is 13.7. The van der Waals surface area contributed by atoms with E-state index in [-0.39, 0.29) is 36.4 Å². The number of benzene rings is 2. The van der Waals surface area contributed by atoms with E-state index in [4.69, 9.17) is 4.74 Å². The summed E-state index contributed by atoms with van der Waals surface area (Å²) in [7, 11) is 0. The average Bonchev–Trinajstić information content (AvgIpc) is 3.16. The zero-order valence-electron chi connectivity index (χ0n) is 20.9. The fraction of sp³-hybridized carbons (Fsp3) is 0.519. The van der Waals surface area contributed by atoms with Crippen LogP contribution in [0.1, 0.15) is 67.9 Å². The van der Waals surface area contributed by atoms with Crippen molar-refractivity contribution in [3.63, 3.8) is 0 Å². The minimum absolute atomic E-state index is 0.0551. The molecule has 0 spiro atoms. The lowest BCUT2D eigenvalue weighted by molar-refractivity contribution is -0.144. The molecule has 38 heavy (non-hydrogen) atoms. The Morgan fingerprint density at radius 3 is 2.03 bits per heavy atom. The van der Waals surface area contributed by atoms with Crippen LogP contribution in [-0.4, -0.2) is 40.2 Å². The standard InChI is InChI=1S/C27H28F7NO3/c1-14(16-8-18(26(29,30)31)10-19(9-16)27(32,33)34)38-22-13-35-21(11-17(12-23(35)36)25(2,3)37)24(22)15-4-6-20(28)7-5-15/h4-10,14,17,21-22,24,37H,11-13H2,1-3H3/t14-,17?,21+,22+,24+/m1/s1. The van der Waals surface area contributed by atoms with Gasteiger partial charge in [-0.1, -0.05) is 12.1 Å². The Balaban J connectivity index is 1.70. The van der Waals surface area contributed by atoms with Crippen molar-refractivity contribution in [2.24, 2.45) is 5.92 Å². The lowest BCUT2D eigenvalue weighted by Gasteiger charge is -2.41. The van der Waals surface area contributed by atoms with Gasteiger partial charge in [0, 0.05) is 24.9 Å². The van der Waals surface area contributed by atoms with Gasteiger partial charge in [0.1, 0.15) is 5.82 Å². The molecule has 0 saturated carbocycles. The molecule has 2 saturated heterocycles. The Kier molecular flexibility index (Phi) is 7.33. The number of amides is 1. The number of rotatable bonds is 5. The second-order valence-corrected chi connectivity index (χ2v) is 10.6. The molecule has 2 aliphatic heterocycles. The Morgan fingerprint density at radius 1 is 0.974 bits per heavy atom. The maximum Gasteiger partial charge on any atom is 0.416 e. The molecule has 0 aliphatic carbocycles. The quantitative estimate of drug-likeness (QED) is 0.436. The van der Waals surface area contributed by atoms with Gasteiger partial charge in [-0.05, 0) is 74.6 Å². The predicted molar refractivity (Wildman–Crippen MR) is 123 cm³/mol. The number of alkyl halides is 6. The number of carbonyl (C=O) groups excluding carboxylic acids is 1. The first-order chi connectivity index (χ1) is 17.4. The van der Waals surface area contributed by atoms with Gasteiger partial charge in [0.15, 0.2) is 0 Å². The Morgan fingerprint density at radius 2 is 1.53 bits per heavy atom. The third kappa shape index (κ3) is 5.83. The zero-order valence-corrected chi connectivity index (χ0v) is 20.9. The Bertz CT molecular complexity index is 1140. The first kappa shape index (κ1) is 28.4. The van der Waals surface area contributed by atoms with Gasteiger partial charge >= 0.3 is 12.4 Å². The molecule has 2 fully saturated rings. The second-order valence-electron chi connectivity index (χ2n) is 10.6. The molecule has 2 aromatic rings. The normalized spacial score (nSPS) is 25.4. The van der Waals surface area contributed by atoms with Crippen LogP contribution < -0.4 is 0 Å². The molecular weight excluding hydrogens is 519 g/mol. The smallest absolute Gasteiger partial charge is 0.390 e. The van der Waals surface area contributed by atoms with E-state index in [0.717, 1.165) is 0 Å². The predicted octanol–water partition coefficient (Wildman–Crippen LogP) is 6.49. The van der Waals surface area contributed by atoms with Crippen molar-refractivity contribution in [3.05, 3.63) is 70.5 Å². The Hall–Kier alpha value is -2.66. The molecule has 1 N–H and O–H groups in total. The number of piperidine rings is 1. The molecule has 0 bridgehead atoms. The highest BCUT2D eigenvalue weighted by Gasteiger charge is 2.51. The number of hydrogen-bond acceptors (Lipinski definition) is 3. The van der Waals surface area contributed by atoms with E-state index in [1.54, 1.807) is 18.7 Å². The number of halogens is 7. The number of nitrogens with zero attached hydrogens (tertiary/aromatic N) is 1. The SMILES string of the molecule is C[C@@H](O[C@H]1CN2C(=O)CC(C(C)(C)O)C[C@H]2[C@@H]1c1ccc(F)cc1)c1cc(C(F)(F)F)cc(C(F)(F)F)c1. The molecule has 208 valence electrons. The summed E-state index contributed by atoms with van der Waals surface area (Å²) in [5.74, 6) is -1.65. The van der Waals surface area contributed by atoms with Crippen LogP contribution >= 0.6 is 0 Å². The van der Waals surface area contributed by atoms with E-state index < -0.39 is 59.1 Å². The van der Waals surface area contributed by atoms with Gasteiger partial charge in [-0.3, -0.25) is 4.79 Å². The summed E-state index contributed by atoms with van der Waals surface area (Å²) in [5, 5.41) is 10.6. The van der Waals surface area contributed by atoms with Crippen molar-refractivity contribution < 1.29 is 45.4 Å². The number of fused-ring (bicyclic) bond motifs is 1. The van der Waals surface area contributed by atoms with E-state index in [0.29, 0.717) is 24.1 Å². The number of ether oxygens (including phenoxy) is 1. The summed E-state index contributed by atoms with van der Waals surface area (Å²) in [4.78, 5) is 14.6. The van der Waals surface area contributed by atoms with Gasteiger partial charge in [0.2, 0.25) is 5.91 Å². The number of carbonyl (C=O) groups is 1. The highest BCUT2D eigenvalue weighted by atomic mass is 19.4. The van der Waals surface area contributed by atoms with Crippen LogP contribution in [0.2, 0.25) is 0 Å². The lowest BCUT2D eigenvalue weighted by atomic mass is 9.76. The van der Waals surface area contributed by atoms with Crippen LogP contribution in [0.3, 0.4) is 0 Å². The lowest BCUT2D eigenvalue weighted by Crippen LogP contribution is -2.49. The highest BCUT2D eigenvalue weighted by Crippen LogP contribution is 2.46. The molecule has 4 nitrogen and oxygen atoms in total. The van der Waals surface area contributed by atoms with Crippen LogP contribution in [0.25, 0.3) is 0 Å². The van der Waals surface area contributed by atoms with Gasteiger partial charge in [-0.25, -0.2) is 4.39 Å². The summed E-state index contributed by atoms with van der Waals surface area (Å²) in [5.41, 5.74) is -3.75.